The standard InChI is InChI=1S/C21H27F3N4O3/c1-11-18(26-8-12-2-4-15(5-3-12)21(22,23)24)17(28(30)31)7-16(20(25)29)19(11)27-9-13-6-14(13)10-27/h7,12-15,26H,2-6,8-10H2,1H3,(H2,25,29)/t12?,13-,14-,15?/m0/s1. The van der Waals surface area contributed by atoms with Gasteiger partial charge in [-0.3, -0.25) is 14.9 Å². The topological polar surface area (TPSA) is 101 Å². The number of amides is 1. The summed E-state index contributed by atoms with van der Waals surface area (Å²) in [6, 6.07) is 1.23. The van der Waals surface area contributed by atoms with Gasteiger partial charge in [-0.25, -0.2) is 0 Å². The number of alkyl halides is 3. The molecule has 0 unspecified atom stereocenters. The van der Waals surface area contributed by atoms with Crippen LogP contribution in [0.5, 0.6) is 0 Å². The number of piperidine rings is 1. The average Bonchev–Trinajstić information content (AvgIpc) is 3.31. The zero-order valence-corrected chi connectivity index (χ0v) is 17.4. The summed E-state index contributed by atoms with van der Waals surface area (Å²) in [5.41, 5.74) is 7.01. The first-order valence-corrected chi connectivity index (χ1v) is 10.7. The third-order valence-electron chi connectivity index (χ3n) is 7.16. The number of carbonyl (C=O) groups is 1. The monoisotopic (exact) mass is 440 g/mol. The first-order valence-electron chi connectivity index (χ1n) is 10.7. The molecule has 2 saturated carbocycles. The Kier molecular flexibility index (Phi) is 5.51. The molecular weight excluding hydrogens is 413 g/mol. The van der Waals surface area contributed by atoms with Crippen LogP contribution in [0.15, 0.2) is 6.07 Å². The highest BCUT2D eigenvalue weighted by atomic mass is 19.4. The van der Waals surface area contributed by atoms with Crippen LogP contribution in [0.2, 0.25) is 0 Å². The Hall–Kier alpha value is -2.52. The molecule has 0 spiro atoms. The molecule has 0 bridgehead atoms. The third kappa shape index (κ3) is 4.29. The van der Waals surface area contributed by atoms with Crippen molar-refractivity contribution in [3.63, 3.8) is 0 Å². The molecule has 1 aromatic rings. The minimum atomic E-state index is -4.16. The van der Waals surface area contributed by atoms with E-state index >= 15 is 0 Å². The summed E-state index contributed by atoms with van der Waals surface area (Å²) in [7, 11) is 0. The van der Waals surface area contributed by atoms with Gasteiger partial charge in [-0.05, 0) is 56.8 Å². The van der Waals surface area contributed by atoms with E-state index in [1.807, 2.05) is 0 Å². The van der Waals surface area contributed by atoms with E-state index in [0.29, 0.717) is 48.2 Å². The van der Waals surface area contributed by atoms with E-state index in [2.05, 4.69) is 10.2 Å². The minimum absolute atomic E-state index is 0.0105. The molecule has 1 aliphatic heterocycles. The SMILES string of the molecule is Cc1c(NCC2CCC(C(F)(F)F)CC2)c([N+](=O)[O-])cc(C(N)=O)c1N1C[C@@H]2C[C@H]2C1. The number of nitro groups is 1. The molecule has 4 rings (SSSR count). The van der Waals surface area contributed by atoms with Crippen LogP contribution >= 0.6 is 0 Å². The lowest BCUT2D eigenvalue weighted by Crippen LogP contribution is -2.30. The van der Waals surface area contributed by atoms with Gasteiger partial charge in [0.15, 0.2) is 0 Å². The minimum Gasteiger partial charge on any atom is -0.379 e. The highest BCUT2D eigenvalue weighted by molar-refractivity contribution is 6.02. The molecule has 3 fully saturated rings. The maximum absolute atomic E-state index is 12.9. The largest absolute Gasteiger partial charge is 0.391 e. The fraction of sp³-hybridized carbons (Fsp3) is 0.667. The summed E-state index contributed by atoms with van der Waals surface area (Å²) in [5, 5.41) is 14.9. The third-order valence-corrected chi connectivity index (χ3v) is 7.16. The number of nitrogens with two attached hydrogens (primary N) is 1. The van der Waals surface area contributed by atoms with Gasteiger partial charge in [0.1, 0.15) is 5.69 Å². The van der Waals surface area contributed by atoms with E-state index in [-0.39, 0.29) is 30.0 Å². The Morgan fingerprint density at radius 2 is 1.87 bits per heavy atom. The molecule has 3 N–H and O–H groups in total. The van der Waals surface area contributed by atoms with E-state index in [0.717, 1.165) is 13.1 Å². The van der Waals surface area contributed by atoms with Crippen molar-refractivity contribution in [3.05, 3.63) is 27.3 Å². The molecule has 10 heteroatoms. The normalized spacial score (nSPS) is 27.7. The predicted molar refractivity (Wildman–Crippen MR) is 110 cm³/mol. The number of nitrogens with one attached hydrogen (secondary N) is 1. The molecule has 1 amide bonds. The van der Waals surface area contributed by atoms with Crippen LogP contribution in [0.25, 0.3) is 0 Å². The molecule has 3 aliphatic rings. The van der Waals surface area contributed by atoms with Crippen molar-refractivity contribution in [2.75, 3.05) is 29.9 Å². The Labute approximate surface area is 178 Å². The van der Waals surface area contributed by atoms with Gasteiger partial charge in [-0.2, -0.15) is 13.2 Å². The number of benzene rings is 1. The van der Waals surface area contributed by atoms with E-state index in [1.165, 1.54) is 12.5 Å². The smallest absolute Gasteiger partial charge is 0.379 e. The quantitative estimate of drug-likeness (QED) is 0.509. The first-order chi connectivity index (χ1) is 14.6. The summed E-state index contributed by atoms with van der Waals surface area (Å²) in [5.74, 6) is -0.774. The van der Waals surface area contributed by atoms with E-state index in [1.54, 1.807) is 6.92 Å². The number of anilines is 2. The second kappa shape index (κ2) is 7.87. The lowest BCUT2D eigenvalue weighted by atomic mass is 9.81. The number of hydrogen-bond donors (Lipinski definition) is 2. The van der Waals surface area contributed by atoms with Crippen LogP contribution in [0, 0.1) is 40.7 Å². The van der Waals surface area contributed by atoms with E-state index < -0.39 is 22.9 Å². The number of nitrogens with zero attached hydrogens (tertiary/aromatic N) is 2. The summed E-state index contributed by atoms with van der Waals surface area (Å²) in [4.78, 5) is 25.3. The lowest BCUT2D eigenvalue weighted by Gasteiger charge is -2.31. The number of nitro benzene ring substituents is 1. The predicted octanol–water partition coefficient (Wildman–Crippen LogP) is 4.24. The van der Waals surface area contributed by atoms with E-state index in [4.69, 9.17) is 5.73 Å². The zero-order valence-electron chi connectivity index (χ0n) is 17.4. The summed E-state index contributed by atoms with van der Waals surface area (Å²) in [6.07, 6.45) is -1.99. The van der Waals surface area contributed by atoms with Crippen LogP contribution in [0.4, 0.5) is 30.2 Å². The Morgan fingerprint density at radius 3 is 2.39 bits per heavy atom. The van der Waals surface area contributed by atoms with Crippen LogP contribution in [-0.4, -0.2) is 36.6 Å². The second-order valence-corrected chi connectivity index (χ2v) is 9.21. The maximum Gasteiger partial charge on any atom is 0.391 e. The lowest BCUT2D eigenvalue weighted by molar-refractivity contribution is -0.384. The van der Waals surface area contributed by atoms with Crippen LogP contribution < -0.4 is 16.0 Å². The highest BCUT2D eigenvalue weighted by Crippen LogP contribution is 2.49. The van der Waals surface area contributed by atoms with Gasteiger partial charge in [0, 0.05) is 31.3 Å². The van der Waals surface area contributed by atoms with Gasteiger partial charge in [0.2, 0.25) is 0 Å². The van der Waals surface area contributed by atoms with Crippen molar-refractivity contribution in [2.24, 2.45) is 29.4 Å². The molecule has 7 nitrogen and oxygen atoms in total. The summed E-state index contributed by atoms with van der Waals surface area (Å²) in [6.45, 7) is 3.68. The van der Waals surface area contributed by atoms with E-state index in [9.17, 15) is 28.1 Å². The first kappa shape index (κ1) is 21.7. The molecule has 2 atom stereocenters. The molecule has 1 saturated heterocycles. The van der Waals surface area contributed by atoms with Gasteiger partial charge < -0.3 is 16.0 Å². The number of hydrogen-bond acceptors (Lipinski definition) is 5. The van der Waals surface area contributed by atoms with Crippen molar-refractivity contribution in [3.8, 4) is 0 Å². The molecule has 1 heterocycles. The number of rotatable bonds is 6. The van der Waals surface area contributed by atoms with Crippen molar-refractivity contribution in [2.45, 2.75) is 45.2 Å². The fourth-order valence-corrected chi connectivity index (χ4v) is 5.27. The van der Waals surface area contributed by atoms with Crippen LogP contribution in [-0.2, 0) is 0 Å². The molecule has 2 aliphatic carbocycles. The number of fused-ring (bicyclic) bond motifs is 1. The van der Waals surface area contributed by atoms with Gasteiger partial charge in [-0.1, -0.05) is 0 Å². The molecule has 0 aromatic heterocycles. The maximum atomic E-state index is 12.9. The number of carbonyl (C=O) groups excluding carboxylic acids is 1. The zero-order chi connectivity index (χ0) is 22.5. The van der Waals surface area contributed by atoms with Crippen molar-refractivity contribution >= 4 is 23.0 Å². The van der Waals surface area contributed by atoms with Gasteiger partial charge in [-0.15, -0.1) is 0 Å². The molecule has 31 heavy (non-hydrogen) atoms. The van der Waals surface area contributed by atoms with Crippen LogP contribution in [0.1, 0.15) is 48.0 Å². The van der Waals surface area contributed by atoms with Crippen molar-refractivity contribution in [1.29, 1.82) is 0 Å². The number of halogens is 3. The van der Waals surface area contributed by atoms with Crippen LogP contribution in [0.3, 0.4) is 0 Å². The van der Waals surface area contributed by atoms with Crippen molar-refractivity contribution in [1.82, 2.24) is 0 Å². The van der Waals surface area contributed by atoms with Crippen molar-refractivity contribution < 1.29 is 22.9 Å². The summed E-state index contributed by atoms with van der Waals surface area (Å²) >= 11 is 0. The number of primary amides is 1. The molecule has 1 aromatic carbocycles. The fourth-order valence-electron chi connectivity index (χ4n) is 5.27. The summed E-state index contributed by atoms with van der Waals surface area (Å²) < 4.78 is 38.7. The van der Waals surface area contributed by atoms with Gasteiger partial charge >= 0.3 is 6.18 Å². The Balaban J connectivity index is 1.56. The molecule has 0 radical (unpaired) electrons. The van der Waals surface area contributed by atoms with Gasteiger partial charge in [0.05, 0.1) is 22.1 Å². The second-order valence-electron chi connectivity index (χ2n) is 9.21. The Bertz CT molecular complexity index is 887. The Morgan fingerprint density at radius 1 is 1.26 bits per heavy atom. The highest BCUT2D eigenvalue weighted by Gasteiger charge is 2.46. The average molecular weight is 440 g/mol. The molecular formula is C21H27F3N4O3. The van der Waals surface area contributed by atoms with Gasteiger partial charge in [0.25, 0.3) is 11.6 Å². The molecule has 170 valence electrons.